The second-order valence-electron chi connectivity index (χ2n) is 3.03. The SMILES string of the molecule is N[C@@](O)(CSO)C(=O)O.O=Cc1ccccc1. The molecule has 1 aromatic carbocycles. The summed E-state index contributed by atoms with van der Waals surface area (Å²) in [5.74, 6) is -1.99. The number of carbonyl (C=O) groups is 2. The van der Waals surface area contributed by atoms with Gasteiger partial charge < -0.3 is 14.8 Å². The molecular formula is C10H13NO5S. The van der Waals surface area contributed by atoms with E-state index in [0.29, 0.717) is 0 Å². The summed E-state index contributed by atoms with van der Waals surface area (Å²) in [5, 5.41) is 16.7. The standard InChI is InChI=1S/C7H6O.C3H7NO4S/c8-6-7-4-2-1-3-5-7;4-3(7,1-9-8)2(5)6/h1-6H;7-8H,1,4H2,(H,5,6)/t;3-/m.1/s1. The molecule has 0 aliphatic carbocycles. The Hall–Kier alpha value is -1.41. The van der Waals surface area contributed by atoms with Gasteiger partial charge in [-0.3, -0.25) is 10.5 Å². The fourth-order valence-electron chi connectivity index (χ4n) is 0.692. The van der Waals surface area contributed by atoms with E-state index >= 15 is 0 Å². The molecule has 1 atom stereocenters. The van der Waals surface area contributed by atoms with E-state index in [4.69, 9.17) is 20.5 Å². The maximum atomic E-state index is 10.0. The van der Waals surface area contributed by atoms with E-state index in [0.717, 1.165) is 11.8 Å². The van der Waals surface area contributed by atoms with Crippen LogP contribution in [0.2, 0.25) is 0 Å². The van der Waals surface area contributed by atoms with Crippen LogP contribution in [0.3, 0.4) is 0 Å². The maximum Gasteiger partial charge on any atom is 0.351 e. The lowest BCUT2D eigenvalue weighted by atomic mass is 10.2. The van der Waals surface area contributed by atoms with Crippen molar-refractivity contribution in [1.82, 2.24) is 0 Å². The number of aliphatic carboxylic acids is 1. The number of benzene rings is 1. The van der Waals surface area contributed by atoms with Gasteiger partial charge in [0.25, 0.3) is 0 Å². The summed E-state index contributed by atoms with van der Waals surface area (Å²) in [7, 11) is 0. The summed E-state index contributed by atoms with van der Waals surface area (Å²) >= 11 is 0.181. The molecule has 0 amide bonds. The Labute approximate surface area is 102 Å². The van der Waals surface area contributed by atoms with Crippen molar-refractivity contribution in [2.24, 2.45) is 5.73 Å². The fourth-order valence-corrected chi connectivity index (χ4v) is 1.01. The number of carboxylic acids is 1. The van der Waals surface area contributed by atoms with Crippen LogP contribution in [-0.4, -0.2) is 38.5 Å². The molecule has 0 spiro atoms. The van der Waals surface area contributed by atoms with E-state index in [2.05, 4.69) is 0 Å². The molecule has 0 saturated carbocycles. The van der Waals surface area contributed by atoms with Crippen molar-refractivity contribution in [1.29, 1.82) is 0 Å². The van der Waals surface area contributed by atoms with Gasteiger partial charge in [0.1, 0.15) is 6.29 Å². The number of rotatable bonds is 4. The molecule has 17 heavy (non-hydrogen) atoms. The van der Waals surface area contributed by atoms with Crippen LogP contribution in [0.25, 0.3) is 0 Å². The molecule has 0 bridgehead atoms. The number of hydrogen-bond acceptors (Lipinski definition) is 6. The summed E-state index contributed by atoms with van der Waals surface area (Å²) in [6.45, 7) is 0. The summed E-state index contributed by atoms with van der Waals surface area (Å²) in [6.07, 6.45) is 0.833. The van der Waals surface area contributed by atoms with Crippen molar-refractivity contribution in [3.05, 3.63) is 35.9 Å². The Morgan fingerprint density at radius 3 is 2.18 bits per heavy atom. The van der Waals surface area contributed by atoms with Crippen LogP contribution < -0.4 is 5.73 Å². The highest BCUT2D eigenvalue weighted by Crippen LogP contribution is 2.03. The second-order valence-corrected chi connectivity index (χ2v) is 3.58. The van der Waals surface area contributed by atoms with E-state index < -0.39 is 17.4 Å². The highest BCUT2D eigenvalue weighted by atomic mass is 32.2. The number of carboxylic acid groups (broad SMARTS) is 1. The fraction of sp³-hybridized carbons (Fsp3) is 0.200. The molecule has 0 aromatic heterocycles. The lowest BCUT2D eigenvalue weighted by Crippen LogP contribution is -2.50. The molecule has 0 heterocycles. The molecule has 7 heteroatoms. The van der Waals surface area contributed by atoms with E-state index in [-0.39, 0.29) is 12.0 Å². The molecule has 0 aliphatic rings. The lowest BCUT2D eigenvalue weighted by Gasteiger charge is -2.13. The van der Waals surface area contributed by atoms with E-state index in [1.165, 1.54) is 0 Å². The third kappa shape index (κ3) is 6.69. The topological polar surface area (TPSA) is 121 Å². The molecule has 5 N–H and O–H groups in total. The molecule has 94 valence electrons. The second kappa shape index (κ2) is 7.80. The van der Waals surface area contributed by atoms with Crippen molar-refractivity contribution >= 4 is 24.3 Å². The van der Waals surface area contributed by atoms with Gasteiger partial charge in [-0.05, 0) is 12.0 Å². The van der Waals surface area contributed by atoms with Gasteiger partial charge in [-0.25, -0.2) is 4.79 Å². The molecule has 0 radical (unpaired) electrons. The number of carbonyl (C=O) groups excluding carboxylic acids is 1. The average Bonchev–Trinajstić information content (AvgIpc) is 2.31. The Bertz CT molecular complexity index is 355. The summed E-state index contributed by atoms with van der Waals surface area (Å²) in [5.41, 5.74) is 3.15. The predicted octanol–water partition coefficient (Wildman–Crippen LogP) is 0.424. The van der Waals surface area contributed by atoms with Crippen LogP contribution >= 0.6 is 12.0 Å². The lowest BCUT2D eigenvalue weighted by molar-refractivity contribution is -0.155. The van der Waals surface area contributed by atoms with E-state index in [1.807, 2.05) is 18.2 Å². The van der Waals surface area contributed by atoms with Gasteiger partial charge in [0.05, 0.1) is 5.75 Å². The van der Waals surface area contributed by atoms with Crippen molar-refractivity contribution in [2.75, 3.05) is 5.75 Å². The van der Waals surface area contributed by atoms with Crippen LogP contribution in [0.5, 0.6) is 0 Å². The predicted molar refractivity (Wildman–Crippen MR) is 63.7 cm³/mol. The molecule has 6 nitrogen and oxygen atoms in total. The van der Waals surface area contributed by atoms with E-state index in [1.54, 1.807) is 12.1 Å². The molecule has 0 aliphatic heterocycles. The number of aliphatic hydroxyl groups is 1. The van der Waals surface area contributed by atoms with Crippen molar-refractivity contribution in [3.63, 3.8) is 0 Å². The molecular weight excluding hydrogens is 246 g/mol. The van der Waals surface area contributed by atoms with Crippen LogP contribution in [0.4, 0.5) is 0 Å². The van der Waals surface area contributed by atoms with E-state index in [9.17, 15) is 9.59 Å². The molecule has 0 fully saturated rings. The normalized spacial score (nSPS) is 12.9. The third-order valence-electron chi connectivity index (χ3n) is 1.59. The molecule has 0 unspecified atom stereocenters. The molecule has 1 aromatic rings. The van der Waals surface area contributed by atoms with Crippen molar-refractivity contribution in [3.8, 4) is 0 Å². The Kier molecular flexibility index (Phi) is 7.15. The monoisotopic (exact) mass is 259 g/mol. The minimum atomic E-state index is -2.32. The summed E-state index contributed by atoms with van der Waals surface area (Å²) < 4.78 is 8.06. The van der Waals surface area contributed by atoms with Crippen molar-refractivity contribution < 1.29 is 24.4 Å². The zero-order chi connectivity index (χ0) is 13.3. The van der Waals surface area contributed by atoms with Crippen LogP contribution in [0, 0.1) is 0 Å². The van der Waals surface area contributed by atoms with Crippen molar-refractivity contribution in [2.45, 2.75) is 5.72 Å². The van der Waals surface area contributed by atoms with Gasteiger partial charge >= 0.3 is 5.97 Å². The quantitative estimate of drug-likeness (QED) is 0.351. The minimum Gasteiger partial charge on any atom is -0.478 e. The Morgan fingerprint density at radius 2 is 1.94 bits per heavy atom. The number of nitrogens with two attached hydrogens (primary N) is 1. The number of aldehydes is 1. The van der Waals surface area contributed by atoms with Gasteiger partial charge in [0.2, 0.25) is 5.72 Å². The third-order valence-corrected chi connectivity index (χ3v) is 2.16. The molecule has 1 rings (SSSR count). The Balaban J connectivity index is 0.000000302. The summed E-state index contributed by atoms with van der Waals surface area (Å²) in [6, 6.07) is 9.10. The first kappa shape index (κ1) is 15.6. The zero-order valence-electron chi connectivity index (χ0n) is 8.81. The first-order valence-corrected chi connectivity index (χ1v) is 5.39. The summed E-state index contributed by atoms with van der Waals surface area (Å²) in [4.78, 5) is 19.9. The van der Waals surface area contributed by atoms with Gasteiger partial charge in [0, 0.05) is 5.56 Å². The average molecular weight is 259 g/mol. The smallest absolute Gasteiger partial charge is 0.351 e. The Morgan fingerprint density at radius 1 is 1.41 bits per heavy atom. The first-order chi connectivity index (χ1) is 7.94. The zero-order valence-corrected chi connectivity index (χ0v) is 9.63. The minimum absolute atomic E-state index is 0.181. The highest BCUT2D eigenvalue weighted by Gasteiger charge is 2.30. The number of hydrogen-bond donors (Lipinski definition) is 4. The highest BCUT2D eigenvalue weighted by molar-refractivity contribution is 7.93. The maximum absolute atomic E-state index is 10.0. The van der Waals surface area contributed by atoms with Gasteiger partial charge in [-0.15, -0.1) is 0 Å². The molecule has 0 saturated heterocycles. The largest absolute Gasteiger partial charge is 0.478 e. The first-order valence-electron chi connectivity index (χ1n) is 4.45. The van der Waals surface area contributed by atoms with Gasteiger partial charge in [-0.1, -0.05) is 30.3 Å². The van der Waals surface area contributed by atoms with Gasteiger partial charge in [-0.2, -0.15) is 0 Å². The van der Waals surface area contributed by atoms with Gasteiger partial charge in [0.15, 0.2) is 0 Å². The van der Waals surface area contributed by atoms with Crippen LogP contribution in [0.1, 0.15) is 10.4 Å². The van der Waals surface area contributed by atoms with Crippen LogP contribution in [-0.2, 0) is 4.79 Å². The van der Waals surface area contributed by atoms with Crippen LogP contribution in [0.15, 0.2) is 30.3 Å².